The minimum absolute atomic E-state index is 0.648. The predicted octanol–water partition coefficient (Wildman–Crippen LogP) is -1.81. The molecule has 1 aromatic rings. The van der Waals surface area contributed by atoms with Gasteiger partial charge in [-0.05, 0) is 0 Å². The lowest BCUT2D eigenvalue weighted by molar-refractivity contribution is -0.701. The van der Waals surface area contributed by atoms with E-state index >= 15 is 0 Å². The number of hydrogen-bond acceptors (Lipinski definition) is 3. The first-order valence-corrected chi connectivity index (χ1v) is 5.01. The van der Waals surface area contributed by atoms with Crippen LogP contribution in [0.2, 0.25) is 0 Å². The Balaban J connectivity index is 2.82. The largest absolute Gasteiger partial charge is 0.330 e. The van der Waals surface area contributed by atoms with Crippen LogP contribution in [0.5, 0.6) is 0 Å². The van der Waals surface area contributed by atoms with Gasteiger partial charge in [0.05, 0.1) is 6.42 Å². The number of nitrogens with zero attached hydrogens (tertiary/aromatic N) is 2. The van der Waals surface area contributed by atoms with Gasteiger partial charge in [-0.2, -0.15) is 0 Å². The third kappa shape index (κ3) is 2.54. The van der Waals surface area contributed by atoms with Crippen molar-refractivity contribution in [3.63, 3.8) is 0 Å². The maximum Gasteiger partial charge on any atom is 0.257 e. The molecular weight excluding hydrogens is 178 g/mol. The molecule has 1 rings (SSSR count). The first-order chi connectivity index (χ1) is 6.83. The Hall–Kier alpha value is -0.910. The molecule has 0 radical (unpaired) electrons. The van der Waals surface area contributed by atoms with E-state index < -0.39 is 0 Å². The Kier molecular flexibility index (Phi) is 4.58. The van der Waals surface area contributed by atoms with Gasteiger partial charge in [-0.15, -0.1) is 0 Å². The molecule has 80 valence electrons. The van der Waals surface area contributed by atoms with Crippen molar-refractivity contribution in [3.05, 3.63) is 18.2 Å². The van der Waals surface area contributed by atoms with Gasteiger partial charge in [0.25, 0.3) is 5.82 Å². The highest BCUT2D eigenvalue weighted by Crippen LogP contribution is 1.95. The third-order valence-electron chi connectivity index (χ3n) is 2.20. The summed E-state index contributed by atoms with van der Waals surface area (Å²) in [6.45, 7) is 3.63. The molecule has 0 atom stereocenters. The van der Waals surface area contributed by atoms with E-state index in [1.54, 1.807) is 0 Å². The lowest BCUT2D eigenvalue weighted by Gasteiger charge is -2.02. The SMILES string of the molecule is NCCc1n(CCN)cc[n+]1CCN. The zero-order chi connectivity index (χ0) is 10.4. The van der Waals surface area contributed by atoms with Crippen molar-refractivity contribution >= 4 is 0 Å². The predicted molar refractivity (Wildman–Crippen MR) is 55.5 cm³/mol. The molecule has 0 bridgehead atoms. The van der Waals surface area contributed by atoms with Crippen LogP contribution in [0.3, 0.4) is 0 Å². The topological polar surface area (TPSA) is 86.9 Å². The minimum atomic E-state index is 0.648. The first-order valence-electron chi connectivity index (χ1n) is 5.01. The minimum Gasteiger partial charge on any atom is -0.330 e. The number of hydrogen-bond donors (Lipinski definition) is 3. The van der Waals surface area contributed by atoms with Gasteiger partial charge in [-0.25, -0.2) is 9.13 Å². The van der Waals surface area contributed by atoms with E-state index in [2.05, 4.69) is 9.13 Å². The highest BCUT2D eigenvalue weighted by Gasteiger charge is 2.14. The summed E-state index contributed by atoms with van der Waals surface area (Å²) in [7, 11) is 0. The molecule has 1 heterocycles. The van der Waals surface area contributed by atoms with Crippen LogP contribution in [0.15, 0.2) is 12.4 Å². The van der Waals surface area contributed by atoms with Gasteiger partial charge in [-0.1, -0.05) is 0 Å². The molecule has 5 nitrogen and oxygen atoms in total. The first kappa shape index (κ1) is 11.2. The maximum absolute atomic E-state index is 5.56. The van der Waals surface area contributed by atoms with E-state index in [1.807, 2.05) is 12.4 Å². The molecule has 0 aliphatic heterocycles. The molecule has 0 saturated heterocycles. The lowest BCUT2D eigenvalue weighted by atomic mass is 10.4. The molecule has 0 aliphatic rings. The number of nitrogens with two attached hydrogens (primary N) is 3. The van der Waals surface area contributed by atoms with Gasteiger partial charge >= 0.3 is 0 Å². The summed E-state index contributed by atoms with van der Waals surface area (Å²) in [5.74, 6) is 1.21. The Morgan fingerprint density at radius 2 is 1.93 bits per heavy atom. The fraction of sp³-hybridized carbons (Fsp3) is 0.667. The second kappa shape index (κ2) is 5.74. The normalized spacial score (nSPS) is 10.8. The fourth-order valence-electron chi connectivity index (χ4n) is 1.60. The Morgan fingerprint density at radius 1 is 1.14 bits per heavy atom. The Morgan fingerprint density at radius 3 is 2.50 bits per heavy atom. The van der Waals surface area contributed by atoms with Crippen molar-refractivity contribution in [2.24, 2.45) is 17.2 Å². The summed E-state index contributed by atoms with van der Waals surface area (Å²) >= 11 is 0. The zero-order valence-corrected chi connectivity index (χ0v) is 8.52. The quantitative estimate of drug-likeness (QED) is 0.471. The van der Waals surface area contributed by atoms with Crippen LogP contribution in [0.1, 0.15) is 5.82 Å². The van der Waals surface area contributed by atoms with Crippen molar-refractivity contribution in [3.8, 4) is 0 Å². The molecule has 0 unspecified atom stereocenters. The van der Waals surface area contributed by atoms with Crippen molar-refractivity contribution in [2.45, 2.75) is 19.5 Å². The molecule has 0 aliphatic carbocycles. The van der Waals surface area contributed by atoms with Crippen LogP contribution in [-0.2, 0) is 19.5 Å². The Labute approximate surface area is 84.5 Å². The van der Waals surface area contributed by atoms with E-state index in [4.69, 9.17) is 17.2 Å². The molecule has 5 heteroatoms. The molecule has 0 amide bonds. The van der Waals surface area contributed by atoms with Gasteiger partial charge in [0.2, 0.25) is 0 Å². The number of aromatic nitrogens is 2. The summed E-state index contributed by atoms with van der Waals surface area (Å²) in [6, 6.07) is 0. The van der Waals surface area contributed by atoms with E-state index in [9.17, 15) is 0 Å². The van der Waals surface area contributed by atoms with Crippen LogP contribution >= 0.6 is 0 Å². The maximum atomic E-state index is 5.56. The van der Waals surface area contributed by atoms with Crippen molar-refractivity contribution < 1.29 is 4.57 Å². The second-order valence-electron chi connectivity index (χ2n) is 3.22. The molecular formula is C9H20N5+. The monoisotopic (exact) mass is 198 g/mol. The molecule has 0 aromatic carbocycles. The summed E-state index contributed by atoms with van der Waals surface area (Å²) in [6.07, 6.45) is 4.94. The van der Waals surface area contributed by atoms with Crippen molar-refractivity contribution in [2.75, 3.05) is 19.6 Å². The van der Waals surface area contributed by atoms with E-state index in [0.717, 1.165) is 19.5 Å². The van der Waals surface area contributed by atoms with Gasteiger partial charge in [0.15, 0.2) is 0 Å². The standard InChI is InChI=1S/C9H20N5/c10-2-1-9-13(5-3-11)7-8-14(9)6-4-12/h7-8H,1-6,10-12H2/q+1. The van der Waals surface area contributed by atoms with Crippen molar-refractivity contribution in [1.29, 1.82) is 0 Å². The lowest BCUT2D eigenvalue weighted by Crippen LogP contribution is -2.41. The van der Waals surface area contributed by atoms with Crippen LogP contribution in [0.4, 0.5) is 0 Å². The highest BCUT2D eigenvalue weighted by atomic mass is 15.2. The second-order valence-corrected chi connectivity index (χ2v) is 3.22. The number of imidazole rings is 1. The molecule has 14 heavy (non-hydrogen) atoms. The highest BCUT2D eigenvalue weighted by molar-refractivity contribution is 4.84. The van der Waals surface area contributed by atoms with E-state index in [0.29, 0.717) is 19.6 Å². The van der Waals surface area contributed by atoms with E-state index in [1.165, 1.54) is 5.82 Å². The summed E-state index contributed by atoms with van der Waals surface area (Å²) in [5.41, 5.74) is 16.6. The molecule has 1 aromatic heterocycles. The van der Waals surface area contributed by atoms with Crippen LogP contribution in [0, 0.1) is 0 Å². The Bertz CT molecular complexity index is 245. The van der Waals surface area contributed by atoms with Gasteiger partial charge < -0.3 is 17.2 Å². The molecule has 0 spiro atoms. The van der Waals surface area contributed by atoms with Crippen LogP contribution in [-0.4, -0.2) is 24.2 Å². The summed E-state index contributed by atoms with van der Waals surface area (Å²) in [5, 5.41) is 0. The zero-order valence-electron chi connectivity index (χ0n) is 8.52. The third-order valence-corrected chi connectivity index (χ3v) is 2.20. The smallest absolute Gasteiger partial charge is 0.257 e. The average Bonchev–Trinajstić information content (AvgIpc) is 2.52. The summed E-state index contributed by atoms with van der Waals surface area (Å²) < 4.78 is 4.28. The molecule has 6 N–H and O–H groups in total. The number of rotatable bonds is 6. The van der Waals surface area contributed by atoms with Gasteiger partial charge in [0, 0.05) is 19.6 Å². The molecule has 0 saturated carbocycles. The fourth-order valence-corrected chi connectivity index (χ4v) is 1.60. The van der Waals surface area contributed by atoms with Crippen LogP contribution < -0.4 is 21.8 Å². The van der Waals surface area contributed by atoms with Gasteiger partial charge in [0.1, 0.15) is 25.5 Å². The van der Waals surface area contributed by atoms with Crippen molar-refractivity contribution in [1.82, 2.24) is 4.57 Å². The summed E-state index contributed by atoms with van der Waals surface area (Å²) in [4.78, 5) is 0. The van der Waals surface area contributed by atoms with E-state index in [-0.39, 0.29) is 0 Å². The van der Waals surface area contributed by atoms with Crippen LogP contribution in [0.25, 0.3) is 0 Å². The molecule has 0 fully saturated rings. The van der Waals surface area contributed by atoms with Gasteiger partial charge in [-0.3, -0.25) is 0 Å². The average molecular weight is 198 g/mol.